The van der Waals surface area contributed by atoms with Crippen molar-refractivity contribution in [2.75, 3.05) is 25.5 Å². The molecule has 2 N–H and O–H groups in total. The van der Waals surface area contributed by atoms with E-state index in [2.05, 4.69) is 10.3 Å². The van der Waals surface area contributed by atoms with E-state index >= 15 is 0 Å². The highest BCUT2D eigenvalue weighted by Gasteiger charge is 2.42. The molecular formula is C13H17N3O4. The summed E-state index contributed by atoms with van der Waals surface area (Å²) in [5.41, 5.74) is -0.324. The molecule has 2 heterocycles. The summed E-state index contributed by atoms with van der Waals surface area (Å²) < 4.78 is 4.93. The summed E-state index contributed by atoms with van der Waals surface area (Å²) in [6.07, 6.45) is 1.94. The number of ether oxygens (including phenoxy) is 1. The van der Waals surface area contributed by atoms with E-state index < -0.39 is 11.4 Å². The summed E-state index contributed by atoms with van der Waals surface area (Å²) in [5, 5.41) is 11.8. The fourth-order valence-corrected chi connectivity index (χ4v) is 2.09. The number of pyridine rings is 1. The third-order valence-corrected chi connectivity index (χ3v) is 3.47. The summed E-state index contributed by atoms with van der Waals surface area (Å²) in [4.78, 5) is 28.7. The lowest BCUT2D eigenvalue weighted by Gasteiger charge is -2.20. The van der Waals surface area contributed by atoms with Gasteiger partial charge in [-0.25, -0.2) is 9.78 Å². The smallest absolute Gasteiger partial charge is 0.321 e. The predicted octanol–water partition coefficient (Wildman–Crippen LogP) is 1.42. The normalized spacial score (nSPS) is 21.6. The molecule has 1 fully saturated rings. The average Bonchev–Trinajstić information content (AvgIpc) is 2.84. The molecule has 2 amide bonds. The molecule has 0 spiro atoms. The second kappa shape index (κ2) is 5.36. The van der Waals surface area contributed by atoms with Crippen LogP contribution in [0.2, 0.25) is 0 Å². The molecule has 7 nitrogen and oxygen atoms in total. The maximum absolute atomic E-state index is 12.0. The van der Waals surface area contributed by atoms with Crippen molar-refractivity contribution >= 4 is 17.7 Å². The fourth-order valence-electron chi connectivity index (χ4n) is 2.09. The number of likely N-dealkylation sites (tertiary alicyclic amines) is 1. The highest BCUT2D eigenvalue weighted by molar-refractivity contribution is 5.90. The molecule has 0 aliphatic carbocycles. The van der Waals surface area contributed by atoms with E-state index in [0.29, 0.717) is 24.5 Å². The highest BCUT2D eigenvalue weighted by Crippen LogP contribution is 2.30. The second-order valence-electron chi connectivity index (χ2n) is 5.06. The van der Waals surface area contributed by atoms with Crippen molar-refractivity contribution in [2.24, 2.45) is 5.41 Å². The SMILES string of the molecule is COc1ccc(NC(=O)N2CCC(C)(C(=O)O)C2)cn1. The highest BCUT2D eigenvalue weighted by atomic mass is 16.5. The van der Waals surface area contributed by atoms with Crippen LogP contribution in [-0.2, 0) is 4.79 Å². The minimum Gasteiger partial charge on any atom is -0.481 e. The Balaban J connectivity index is 1.97. The van der Waals surface area contributed by atoms with Crippen LogP contribution in [0, 0.1) is 5.41 Å². The van der Waals surface area contributed by atoms with Gasteiger partial charge in [0.2, 0.25) is 5.88 Å². The van der Waals surface area contributed by atoms with Crippen molar-refractivity contribution in [1.29, 1.82) is 0 Å². The van der Waals surface area contributed by atoms with E-state index in [-0.39, 0.29) is 12.6 Å². The summed E-state index contributed by atoms with van der Waals surface area (Å²) in [5.74, 6) is -0.415. The van der Waals surface area contributed by atoms with Crippen molar-refractivity contribution in [1.82, 2.24) is 9.88 Å². The minimum absolute atomic E-state index is 0.206. The van der Waals surface area contributed by atoms with Gasteiger partial charge in [-0.05, 0) is 19.4 Å². The third-order valence-electron chi connectivity index (χ3n) is 3.47. The van der Waals surface area contributed by atoms with E-state index in [9.17, 15) is 9.59 Å². The molecule has 1 aromatic heterocycles. The molecule has 20 heavy (non-hydrogen) atoms. The Kier molecular flexibility index (Phi) is 3.78. The third kappa shape index (κ3) is 2.81. The Morgan fingerprint density at radius 3 is 2.75 bits per heavy atom. The lowest BCUT2D eigenvalue weighted by Crippen LogP contribution is -2.37. The van der Waals surface area contributed by atoms with E-state index in [0.717, 1.165) is 0 Å². The van der Waals surface area contributed by atoms with Gasteiger partial charge in [0.25, 0.3) is 0 Å². The number of nitrogens with zero attached hydrogens (tertiary/aromatic N) is 2. The van der Waals surface area contributed by atoms with Crippen molar-refractivity contribution < 1.29 is 19.4 Å². The van der Waals surface area contributed by atoms with Crippen LogP contribution >= 0.6 is 0 Å². The van der Waals surface area contributed by atoms with Crippen LogP contribution in [0.5, 0.6) is 5.88 Å². The molecule has 2 rings (SSSR count). The summed E-state index contributed by atoms with van der Waals surface area (Å²) in [7, 11) is 1.51. The first kappa shape index (κ1) is 14.1. The number of urea groups is 1. The van der Waals surface area contributed by atoms with Crippen molar-refractivity contribution in [3.05, 3.63) is 18.3 Å². The first-order chi connectivity index (χ1) is 9.44. The van der Waals surface area contributed by atoms with Gasteiger partial charge in [-0.3, -0.25) is 4.79 Å². The number of carboxylic acids is 1. The molecule has 7 heteroatoms. The Morgan fingerprint density at radius 2 is 2.25 bits per heavy atom. The van der Waals surface area contributed by atoms with Gasteiger partial charge in [-0.1, -0.05) is 0 Å². The van der Waals surface area contributed by atoms with Crippen LogP contribution in [0.4, 0.5) is 10.5 Å². The summed E-state index contributed by atoms with van der Waals surface area (Å²) >= 11 is 0. The monoisotopic (exact) mass is 279 g/mol. The number of aliphatic carboxylic acids is 1. The number of aromatic nitrogens is 1. The standard InChI is InChI=1S/C13H17N3O4/c1-13(11(17)18)5-6-16(8-13)12(19)15-9-3-4-10(20-2)14-7-9/h3-4,7H,5-6,8H2,1-2H3,(H,15,19)(H,17,18). The van der Waals surface area contributed by atoms with E-state index in [4.69, 9.17) is 9.84 Å². The number of nitrogens with one attached hydrogen (secondary N) is 1. The van der Waals surface area contributed by atoms with Crippen LogP contribution < -0.4 is 10.1 Å². The van der Waals surface area contributed by atoms with Crippen LogP contribution in [-0.4, -0.2) is 47.2 Å². The fraction of sp³-hybridized carbons (Fsp3) is 0.462. The van der Waals surface area contributed by atoms with Gasteiger partial charge in [-0.2, -0.15) is 0 Å². The van der Waals surface area contributed by atoms with E-state index in [1.165, 1.54) is 18.2 Å². The molecule has 0 saturated carbocycles. The Labute approximate surface area is 116 Å². The average molecular weight is 279 g/mol. The minimum atomic E-state index is -0.876. The first-order valence-corrected chi connectivity index (χ1v) is 6.24. The Hall–Kier alpha value is -2.31. The predicted molar refractivity (Wildman–Crippen MR) is 71.7 cm³/mol. The quantitative estimate of drug-likeness (QED) is 0.873. The van der Waals surface area contributed by atoms with Crippen molar-refractivity contribution in [3.63, 3.8) is 0 Å². The number of rotatable bonds is 3. The zero-order valence-corrected chi connectivity index (χ0v) is 11.4. The van der Waals surface area contributed by atoms with Crippen LogP contribution in [0.15, 0.2) is 18.3 Å². The maximum atomic E-state index is 12.0. The van der Waals surface area contributed by atoms with Crippen LogP contribution in [0.3, 0.4) is 0 Å². The second-order valence-corrected chi connectivity index (χ2v) is 5.06. The lowest BCUT2D eigenvalue weighted by atomic mass is 9.90. The number of hydrogen-bond donors (Lipinski definition) is 2. The Bertz CT molecular complexity index is 517. The molecule has 0 radical (unpaired) electrons. The molecule has 0 bridgehead atoms. The molecule has 108 valence electrons. The van der Waals surface area contributed by atoms with Gasteiger partial charge in [0.1, 0.15) is 0 Å². The molecule has 1 aliphatic heterocycles. The zero-order chi connectivity index (χ0) is 14.8. The van der Waals surface area contributed by atoms with Gasteiger partial charge in [0.15, 0.2) is 0 Å². The molecule has 1 saturated heterocycles. The number of amides is 2. The molecular weight excluding hydrogens is 262 g/mol. The van der Waals surface area contributed by atoms with Crippen molar-refractivity contribution in [2.45, 2.75) is 13.3 Å². The summed E-state index contributed by atoms with van der Waals surface area (Å²) in [6, 6.07) is 3.00. The largest absolute Gasteiger partial charge is 0.481 e. The first-order valence-electron chi connectivity index (χ1n) is 6.24. The Morgan fingerprint density at radius 1 is 1.50 bits per heavy atom. The van der Waals surface area contributed by atoms with Crippen LogP contribution in [0.1, 0.15) is 13.3 Å². The maximum Gasteiger partial charge on any atom is 0.321 e. The lowest BCUT2D eigenvalue weighted by molar-refractivity contribution is -0.146. The number of carbonyl (C=O) groups is 2. The molecule has 0 aromatic carbocycles. The van der Waals surface area contributed by atoms with Gasteiger partial charge < -0.3 is 20.1 Å². The number of hydrogen-bond acceptors (Lipinski definition) is 4. The molecule has 1 unspecified atom stereocenters. The zero-order valence-electron chi connectivity index (χ0n) is 11.4. The number of anilines is 1. The van der Waals surface area contributed by atoms with E-state index in [1.807, 2.05) is 0 Å². The van der Waals surface area contributed by atoms with Gasteiger partial charge in [-0.15, -0.1) is 0 Å². The topological polar surface area (TPSA) is 91.8 Å². The van der Waals surface area contributed by atoms with E-state index in [1.54, 1.807) is 19.1 Å². The van der Waals surface area contributed by atoms with Crippen LogP contribution in [0.25, 0.3) is 0 Å². The molecule has 1 aliphatic rings. The number of carbonyl (C=O) groups excluding carboxylic acids is 1. The molecule has 1 aromatic rings. The van der Waals surface area contributed by atoms with Crippen molar-refractivity contribution in [3.8, 4) is 5.88 Å². The molecule has 1 atom stereocenters. The number of carboxylic acid groups (broad SMARTS) is 1. The number of methoxy groups -OCH3 is 1. The summed E-state index contributed by atoms with van der Waals surface area (Å²) in [6.45, 7) is 2.29. The van der Waals surface area contributed by atoms with Gasteiger partial charge in [0, 0.05) is 19.2 Å². The van der Waals surface area contributed by atoms with Gasteiger partial charge in [0.05, 0.1) is 24.4 Å². The van der Waals surface area contributed by atoms with Gasteiger partial charge >= 0.3 is 12.0 Å².